The first-order chi connectivity index (χ1) is 31.1. The SMILES string of the molecule is C=C(CCO[Si](c1ccccc1)(c1ccccc1)C(C)(C)C)c1ccccc1.COC(=O)C1(C(=O)OC)CC1(CCO[Si](c1ccccc1)(c1ccccc1)C(C)(C)C)c1ccccc1. The summed E-state index contributed by atoms with van der Waals surface area (Å²) in [5.41, 5.74) is 1.08. The summed E-state index contributed by atoms with van der Waals surface area (Å²) in [6.45, 7) is 19.0. The standard InChI is InChI=1S/C31H36O5Si.C26H30OSi/c1-29(2,3)37(25-17-11-7-12-18-25,26-19-13-8-14-20-26)36-22-21-30(24-15-9-6-10-16-24)23-31(30,27(32)34-4)28(33)35-5;1-22(23-14-8-5-9-15-23)20-21-27-28(26(2,3)4,24-16-10-6-11-17-24)25-18-12-7-13-19-25/h6-20H,21-23H2,1-5H3;5-19H,1,20-21H2,2-4H3. The lowest BCUT2D eigenvalue weighted by molar-refractivity contribution is -0.162. The van der Waals surface area contributed by atoms with E-state index in [0.29, 0.717) is 26.1 Å². The normalized spacial score (nSPS) is 15.8. The molecule has 1 aliphatic carbocycles. The second kappa shape index (κ2) is 20.7. The minimum atomic E-state index is -2.77. The van der Waals surface area contributed by atoms with E-state index in [2.05, 4.69) is 182 Å². The Labute approximate surface area is 389 Å². The lowest BCUT2D eigenvalue weighted by atomic mass is 9.83. The summed E-state index contributed by atoms with van der Waals surface area (Å²) < 4.78 is 24.3. The highest BCUT2D eigenvalue weighted by Gasteiger charge is 2.78. The summed E-state index contributed by atoms with van der Waals surface area (Å²) >= 11 is 0. The molecule has 338 valence electrons. The van der Waals surface area contributed by atoms with Crippen LogP contribution in [0.2, 0.25) is 10.1 Å². The fourth-order valence-corrected chi connectivity index (χ4v) is 19.1. The number of ether oxygens (including phenoxy) is 2. The minimum absolute atomic E-state index is 0.00376. The molecule has 0 radical (unpaired) electrons. The van der Waals surface area contributed by atoms with Gasteiger partial charge in [-0.25, -0.2) is 0 Å². The van der Waals surface area contributed by atoms with Gasteiger partial charge in [-0.2, -0.15) is 0 Å². The van der Waals surface area contributed by atoms with Crippen molar-refractivity contribution in [1.82, 2.24) is 0 Å². The van der Waals surface area contributed by atoms with Crippen molar-refractivity contribution in [2.24, 2.45) is 5.41 Å². The predicted molar refractivity (Wildman–Crippen MR) is 271 cm³/mol. The molecule has 0 amide bonds. The van der Waals surface area contributed by atoms with Crippen LogP contribution in [-0.4, -0.2) is 56.0 Å². The van der Waals surface area contributed by atoms with Crippen molar-refractivity contribution < 1.29 is 27.9 Å². The monoisotopic (exact) mass is 902 g/mol. The van der Waals surface area contributed by atoms with Gasteiger partial charge in [-0.1, -0.05) is 230 Å². The van der Waals surface area contributed by atoms with Gasteiger partial charge >= 0.3 is 11.9 Å². The molecule has 0 saturated heterocycles. The van der Waals surface area contributed by atoms with Crippen LogP contribution in [0.3, 0.4) is 0 Å². The van der Waals surface area contributed by atoms with Crippen molar-refractivity contribution in [1.29, 1.82) is 0 Å². The van der Waals surface area contributed by atoms with Crippen LogP contribution in [0.15, 0.2) is 189 Å². The van der Waals surface area contributed by atoms with Crippen LogP contribution in [0.5, 0.6) is 0 Å². The van der Waals surface area contributed by atoms with Gasteiger partial charge in [-0.15, -0.1) is 0 Å². The molecule has 7 rings (SSSR count). The van der Waals surface area contributed by atoms with E-state index in [1.165, 1.54) is 40.5 Å². The van der Waals surface area contributed by atoms with Gasteiger partial charge in [0.2, 0.25) is 0 Å². The van der Waals surface area contributed by atoms with E-state index in [4.69, 9.17) is 18.3 Å². The van der Waals surface area contributed by atoms with Crippen LogP contribution < -0.4 is 20.7 Å². The number of methoxy groups -OCH3 is 2. The Kier molecular flexibility index (Phi) is 15.5. The number of hydrogen-bond acceptors (Lipinski definition) is 6. The summed E-state index contributed by atoms with van der Waals surface area (Å²) in [5.74, 6) is -1.12. The number of hydrogen-bond donors (Lipinski definition) is 0. The predicted octanol–water partition coefficient (Wildman–Crippen LogP) is 10.3. The molecule has 0 bridgehead atoms. The molecule has 1 fully saturated rings. The molecule has 0 aliphatic heterocycles. The van der Waals surface area contributed by atoms with Crippen molar-refractivity contribution in [3.8, 4) is 0 Å². The smallest absolute Gasteiger partial charge is 0.324 e. The highest BCUT2D eigenvalue weighted by molar-refractivity contribution is 7.00. The highest BCUT2D eigenvalue weighted by atomic mass is 28.4. The molecule has 6 aromatic rings. The van der Waals surface area contributed by atoms with Crippen LogP contribution in [-0.2, 0) is 33.3 Å². The molecule has 0 spiro atoms. The topological polar surface area (TPSA) is 71.1 Å². The molecule has 1 saturated carbocycles. The van der Waals surface area contributed by atoms with Crippen molar-refractivity contribution in [2.45, 2.75) is 76.3 Å². The van der Waals surface area contributed by atoms with Gasteiger partial charge in [0.15, 0.2) is 5.41 Å². The molecule has 0 N–H and O–H groups in total. The summed E-state index contributed by atoms with van der Waals surface area (Å²) in [6, 6.07) is 62.6. The molecule has 6 nitrogen and oxygen atoms in total. The maximum absolute atomic E-state index is 13.1. The maximum Gasteiger partial charge on any atom is 0.324 e. The number of esters is 2. The Morgan fingerprint density at radius 3 is 1.17 bits per heavy atom. The molecule has 0 heterocycles. The van der Waals surface area contributed by atoms with Crippen molar-refractivity contribution in [3.05, 3.63) is 200 Å². The fraction of sp³-hybridized carbons (Fsp3) is 0.298. The molecule has 8 heteroatoms. The first-order valence-corrected chi connectivity index (χ1v) is 26.4. The van der Waals surface area contributed by atoms with E-state index in [9.17, 15) is 9.59 Å². The second-order valence-corrected chi connectivity index (χ2v) is 27.6. The molecule has 1 unspecified atom stereocenters. The van der Waals surface area contributed by atoms with Crippen LogP contribution in [0, 0.1) is 5.41 Å². The molecule has 1 atom stereocenters. The maximum atomic E-state index is 13.1. The number of carbonyl (C=O) groups excluding carboxylic acids is 2. The van der Waals surface area contributed by atoms with E-state index in [1.54, 1.807) is 0 Å². The van der Waals surface area contributed by atoms with E-state index in [0.717, 1.165) is 17.6 Å². The second-order valence-electron chi connectivity index (χ2n) is 19.0. The van der Waals surface area contributed by atoms with E-state index in [-0.39, 0.29) is 10.1 Å². The Bertz CT molecular complexity index is 2350. The van der Waals surface area contributed by atoms with Gasteiger partial charge in [0.1, 0.15) is 0 Å². The van der Waals surface area contributed by atoms with Crippen LogP contribution in [0.25, 0.3) is 5.57 Å². The Morgan fingerprint density at radius 2 is 0.831 bits per heavy atom. The van der Waals surface area contributed by atoms with E-state index < -0.39 is 39.4 Å². The molecular formula is C57H66O6Si2. The van der Waals surface area contributed by atoms with Crippen molar-refractivity contribution in [3.63, 3.8) is 0 Å². The largest absolute Gasteiger partial charge is 0.468 e. The third-order valence-corrected chi connectivity index (χ3v) is 23.3. The zero-order valence-corrected chi connectivity index (χ0v) is 41.5. The summed E-state index contributed by atoms with van der Waals surface area (Å²) in [4.78, 5) is 26.2. The van der Waals surface area contributed by atoms with Crippen LogP contribution in [0.1, 0.15) is 71.9 Å². The van der Waals surface area contributed by atoms with Gasteiger partial charge in [-0.3, -0.25) is 9.59 Å². The van der Waals surface area contributed by atoms with Crippen LogP contribution in [0.4, 0.5) is 0 Å². The molecule has 1 aliphatic rings. The van der Waals surface area contributed by atoms with Gasteiger partial charge < -0.3 is 18.3 Å². The van der Waals surface area contributed by atoms with Crippen molar-refractivity contribution >= 4 is 54.9 Å². The average molecular weight is 903 g/mol. The number of benzene rings is 6. The zero-order chi connectivity index (χ0) is 46.8. The Morgan fingerprint density at radius 1 is 0.508 bits per heavy atom. The fourth-order valence-electron chi connectivity index (χ4n) is 9.97. The Balaban J connectivity index is 0.000000224. The lowest BCUT2D eigenvalue weighted by Crippen LogP contribution is -2.66. The summed E-state index contributed by atoms with van der Waals surface area (Å²) in [7, 11) is -2.59. The summed E-state index contributed by atoms with van der Waals surface area (Å²) in [6.07, 6.45) is 1.63. The molecule has 65 heavy (non-hydrogen) atoms. The molecule has 0 aromatic heterocycles. The van der Waals surface area contributed by atoms with Gasteiger partial charge in [0.05, 0.1) is 14.2 Å². The quantitative estimate of drug-likeness (QED) is 0.0548. The van der Waals surface area contributed by atoms with Gasteiger partial charge in [-0.05, 0) is 66.8 Å². The first kappa shape index (κ1) is 48.8. The Hall–Kier alpha value is -5.65. The summed E-state index contributed by atoms with van der Waals surface area (Å²) in [5, 5.41) is 4.83. The van der Waals surface area contributed by atoms with E-state index >= 15 is 0 Å². The molecular weight excluding hydrogens is 837 g/mol. The lowest BCUT2D eigenvalue weighted by Gasteiger charge is -2.43. The third kappa shape index (κ3) is 9.68. The average Bonchev–Trinajstić information content (AvgIpc) is 4.03. The third-order valence-electron chi connectivity index (χ3n) is 13.2. The molecule has 6 aromatic carbocycles. The first-order valence-electron chi connectivity index (χ1n) is 22.6. The van der Waals surface area contributed by atoms with Gasteiger partial charge in [0.25, 0.3) is 16.6 Å². The van der Waals surface area contributed by atoms with E-state index in [1.807, 2.05) is 48.5 Å². The minimum Gasteiger partial charge on any atom is -0.468 e. The van der Waals surface area contributed by atoms with Crippen molar-refractivity contribution in [2.75, 3.05) is 27.4 Å². The number of rotatable bonds is 16. The zero-order valence-electron chi connectivity index (χ0n) is 39.5. The highest BCUT2D eigenvalue weighted by Crippen LogP contribution is 2.68. The van der Waals surface area contributed by atoms with Crippen LogP contribution >= 0.6 is 0 Å². The number of carbonyl (C=O) groups is 2. The van der Waals surface area contributed by atoms with Gasteiger partial charge in [0, 0.05) is 18.6 Å².